The highest BCUT2D eigenvalue weighted by atomic mass is 16.5. The van der Waals surface area contributed by atoms with Gasteiger partial charge in [-0.25, -0.2) is 0 Å². The van der Waals surface area contributed by atoms with Crippen molar-refractivity contribution in [2.45, 2.75) is 129 Å². The predicted molar refractivity (Wildman–Crippen MR) is 317 cm³/mol. The Balaban J connectivity index is 0.770. The zero-order chi connectivity index (χ0) is 58.5. The van der Waals surface area contributed by atoms with Gasteiger partial charge in [0.25, 0.3) is 5.91 Å². The molecule has 0 aliphatic carbocycles. The molecule has 5 N–H and O–H groups in total. The number of nitrogens with zero attached hydrogens (tertiary/aromatic N) is 6. The van der Waals surface area contributed by atoms with Gasteiger partial charge in [-0.15, -0.1) is 0 Å². The van der Waals surface area contributed by atoms with Gasteiger partial charge in [0, 0.05) is 80.4 Å². The van der Waals surface area contributed by atoms with Crippen LogP contribution >= 0.6 is 0 Å². The Morgan fingerprint density at radius 1 is 0.585 bits per heavy atom. The number of para-hydroxylation sites is 2. The molecule has 6 aromatic rings. The number of ketones is 1. The number of carbonyl (C=O) groups is 6. The fourth-order valence-electron chi connectivity index (χ4n) is 11.1. The molecule has 5 amide bonds. The molecule has 0 radical (unpaired) electrons. The molecule has 2 fully saturated rings. The topological polar surface area (TPSA) is 223 Å². The summed E-state index contributed by atoms with van der Waals surface area (Å²) < 4.78 is 15.7. The number of carbonyl (C=O) groups excluding carboxylic acids is 6. The lowest BCUT2D eigenvalue weighted by Gasteiger charge is -2.32. The van der Waals surface area contributed by atoms with Gasteiger partial charge >= 0.3 is 0 Å². The lowest BCUT2D eigenvalue weighted by atomic mass is 10.00. The fraction of sp³-hybridized carbons (Fsp3) is 0.492. The summed E-state index contributed by atoms with van der Waals surface area (Å²) in [6, 6.07) is 17.1. The normalized spacial score (nSPS) is 16.9. The minimum atomic E-state index is -0.659. The van der Waals surface area contributed by atoms with Crippen molar-refractivity contribution in [3.05, 3.63) is 120 Å². The highest BCUT2D eigenvalue weighted by Gasteiger charge is 2.38. The van der Waals surface area contributed by atoms with Crippen LogP contribution in [-0.2, 0) is 28.7 Å². The standard InChI is InChI=1S/C63H83N11O8/c1-40(2)57(69-59(76)42(5)64-7)62(79)71-26-15-22-52(71)44-32-46(36-66-34-44)73-38-50(48-18-9-11-20-54(48)73)56(75)24-13-14-28-81-30-31-82-29-17-25-68-61(78)51-39-74(55-21-12-10-19-49(51)55)47-33-45(35-67-37-47)53-23-16-27-72(53)63(80)58(41(3)4)70-60(77)43(6)65-8/h9-12,18-21,32-43,52-53,57-58,64-65H,13-17,22-31H2,1-8H3,(H,68,78)(H,69,76)(H,70,77)/t42-,43-,52-,53-,57-,58-/m0/s1. The van der Waals surface area contributed by atoms with E-state index in [1.165, 1.54) is 0 Å². The first-order valence-corrected chi connectivity index (χ1v) is 29.3. The molecule has 2 saturated heterocycles. The van der Waals surface area contributed by atoms with E-state index in [9.17, 15) is 28.8 Å². The second kappa shape index (κ2) is 28.6. The second-order valence-electron chi connectivity index (χ2n) is 22.4. The average molecular weight is 1120 g/mol. The van der Waals surface area contributed by atoms with Crippen LogP contribution in [0.3, 0.4) is 0 Å². The zero-order valence-corrected chi connectivity index (χ0v) is 48.9. The predicted octanol–water partition coefficient (Wildman–Crippen LogP) is 7.40. The van der Waals surface area contributed by atoms with Crippen molar-refractivity contribution in [2.24, 2.45) is 11.8 Å². The molecule has 2 aliphatic rings. The van der Waals surface area contributed by atoms with Crippen LogP contribution in [0.5, 0.6) is 0 Å². The number of pyridine rings is 2. The van der Waals surface area contributed by atoms with E-state index in [2.05, 4.69) is 42.6 Å². The summed E-state index contributed by atoms with van der Waals surface area (Å²) in [5.41, 5.74) is 6.29. The Labute approximate surface area is 481 Å². The number of unbranched alkanes of at least 4 members (excludes halogenated alkanes) is 1. The summed E-state index contributed by atoms with van der Waals surface area (Å²) in [6.45, 7) is 14.7. The molecule has 6 heterocycles. The quantitative estimate of drug-likeness (QED) is 0.0240. The first kappa shape index (κ1) is 60.8. The third-order valence-electron chi connectivity index (χ3n) is 16.0. The summed E-state index contributed by atoms with van der Waals surface area (Å²) in [5.74, 6) is -0.990. The van der Waals surface area contributed by atoms with E-state index in [1.807, 2.05) is 120 Å². The van der Waals surface area contributed by atoms with Crippen LogP contribution in [0.25, 0.3) is 33.2 Å². The zero-order valence-electron chi connectivity index (χ0n) is 48.9. The van der Waals surface area contributed by atoms with Crippen molar-refractivity contribution in [1.82, 2.24) is 55.5 Å². The van der Waals surface area contributed by atoms with Crippen molar-refractivity contribution in [1.29, 1.82) is 0 Å². The van der Waals surface area contributed by atoms with Crippen molar-refractivity contribution < 1.29 is 38.2 Å². The van der Waals surface area contributed by atoms with Crippen LogP contribution in [0.1, 0.15) is 137 Å². The van der Waals surface area contributed by atoms with E-state index in [0.717, 1.165) is 70.0 Å². The number of hydrogen-bond donors (Lipinski definition) is 5. The second-order valence-corrected chi connectivity index (χ2v) is 22.4. The number of amides is 5. The number of hydrogen-bond acceptors (Lipinski definition) is 12. The number of fused-ring (bicyclic) bond motifs is 2. The first-order valence-electron chi connectivity index (χ1n) is 29.3. The smallest absolute Gasteiger partial charge is 0.253 e. The summed E-state index contributed by atoms with van der Waals surface area (Å²) in [6.07, 6.45) is 16.5. The number of benzene rings is 2. The Bertz CT molecular complexity index is 2980. The maximum absolute atomic E-state index is 14.0. The minimum absolute atomic E-state index is 0.0481. The number of ether oxygens (including phenoxy) is 2. The van der Waals surface area contributed by atoms with Gasteiger partial charge in [-0.1, -0.05) is 64.1 Å². The van der Waals surface area contributed by atoms with Crippen molar-refractivity contribution in [2.75, 3.05) is 60.2 Å². The Morgan fingerprint density at radius 2 is 1.05 bits per heavy atom. The van der Waals surface area contributed by atoms with Crippen molar-refractivity contribution in [3.63, 3.8) is 0 Å². The maximum atomic E-state index is 14.0. The first-order chi connectivity index (χ1) is 39.6. The van der Waals surface area contributed by atoms with Gasteiger partial charge in [0.2, 0.25) is 23.6 Å². The van der Waals surface area contributed by atoms with E-state index < -0.39 is 24.2 Å². The molecular weight excluding hydrogens is 1040 g/mol. The van der Waals surface area contributed by atoms with Crippen LogP contribution < -0.4 is 26.6 Å². The highest BCUT2D eigenvalue weighted by Crippen LogP contribution is 2.37. The minimum Gasteiger partial charge on any atom is -0.379 e. The number of likely N-dealkylation sites (N-methyl/N-ethyl adjacent to an activating group) is 2. The molecule has 4 aromatic heterocycles. The summed E-state index contributed by atoms with van der Waals surface area (Å²) in [5, 5.41) is 16.6. The number of aromatic nitrogens is 4. The molecule has 19 nitrogen and oxygen atoms in total. The van der Waals surface area contributed by atoms with Crippen LogP contribution in [0.4, 0.5) is 0 Å². The summed E-state index contributed by atoms with van der Waals surface area (Å²) in [4.78, 5) is 94.1. The van der Waals surface area contributed by atoms with Crippen LogP contribution in [0.15, 0.2) is 97.8 Å². The lowest BCUT2D eigenvalue weighted by molar-refractivity contribution is -0.139. The molecule has 0 bridgehead atoms. The summed E-state index contributed by atoms with van der Waals surface area (Å²) in [7, 11) is 3.43. The molecule has 6 atom stereocenters. The van der Waals surface area contributed by atoms with Crippen molar-refractivity contribution >= 4 is 57.1 Å². The van der Waals surface area contributed by atoms with Crippen LogP contribution in [0, 0.1) is 11.8 Å². The molecule has 8 rings (SSSR count). The number of nitrogens with one attached hydrogen (secondary N) is 5. The number of Topliss-reactive ketones (excluding diaryl/α,β-unsaturated/α-hetero) is 1. The van der Waals surface area contributed by atoms with E-state index in [1.54, 1.807) is 46.5 Å². The van der Waals surface area contributed by atoms with E-state index >= 15 is 0 Å². The Morgan fingerprint density at radius 3 is 1.54 bits per heavy atom. The number of rotatable bonds is 28. The maximum Gasteiger partial charge on any atom is 0.253 e. The molecular formula is C63H83N11O8. The molecule has 438 valence electrons. The molecule has 0 unspecified atom stereocenters. The lowest BCUT2D eigenvalue weighted by Crippen LogP contribution is -2.54. The van der Waals surface area contributed by atoms with E-state index in [-0.39, 0.29) is 59.2 Å². The van der Waals surface area contributed by atoms with Crippen LogP contribution in [0.2, 0.25) is 0 Å². The van der Waals surface area contributed by atoms with Gasteiger partial charge in [0.05, 0.1) is 77.7 Å². The van der Waals surface area contributed by atoms with Crippen LogP contribution in [-0.4, -0.2) is 149 Å². The monoisotopic (exact) mass is 1120 g/mol. The van der Waals surface area contributed by atoms with E-state index in [4.69, 9.17) is 9.47 Å². The third-order valence-corrected chi connectivity index (χ3v) is 16.0. The van der Waals surface area contributed by atoms with Crippen molar-refractivity contribution in [3.8, 4) is 11.4 Å². The largest absolute Gasteiger partial charge is 0.379 e. The van der Waals surface area contributed by atoms with Gasteiger partial charge in [-0.2, -0.15) is 0 Å². The Hall–Kier alpha value is -7.32. The van der Waals surface area contributed by atoms with Gasteiger partial charge in [-0.05, 0) is 120 Å². The summed E-state index contributed by atoms with van der Waals surface area (Å²) >= 11 is 0. The molecule has 0 saturated carbocycles. The third kappa shape index (κ3) is 14.3. The molecule has 0 spiro atoms. The fourth-order valence-corrected chi connectivity index (χ4v) is 11.1. The molecule has 2 aromatic carbocycles. The molecule has 19 heteroatoms. The average Bonchev–Trinajstić information content (AvgIpc) is 4.00. The molecule has 82 heavy (non-hydrogen) atoms. The van der Waals surface area contributed by atoms with E-state index in [0.29, 0.717) is 82.9 Å². The van der Waals surface area contributed by atoms with Gasteiger partial charge < -0.3 is 55.0 Å². The van der Waals surface area contributed by atoms with Gasteiger partial charge in [0.1, 0.15) is 12.1 Å². The highest BCUT2D eigenvalue weighted by molar-refractivity contribution is 6.09. The SMILES string of the molecule is CN[C@@H](C)C(=O)N[C@H](C(=O)N1CCC[C@H]1c1cncc(-n2cc(C(=O)CCCCOCCOCCCNC(=O)c3cn(-c4cncc([C@@H]5CCCN5C(=O)[C@@H](NC(=O)[C@H](C)NC)C(C)C)c4)c4ccccc34)c3ccccc32)c1)C(C)C. The molecule has 2 aliphatic heterocycles. The van der Waals surface area contributed by atoms with Gasteiger partial charge in [-0.3, -0.25) is 38.7 Å². The Kier molecular flexibility index (Phi) is 21.2. The number of likely N-dealkylation sites (tertiary alicyclic amines) is 2. The van der Waals surface area contributed by atoms with Gasteiger partial charge in [0.15, 0.2) is 5.78 Å².